The Hall–Kier alpha value is -2.13. The highest BCUT2D eigenvalue weighted by atomic mass is 32.2. The first-order valence-corrected chi connectivity index (χ1v) is 12.7. The van der Waals surface area contributed by atoms with Crippen LogP contribution in [-0.2, 0) is 22.0 Å². The maximum Gasteiger partial charge on any atom is 0.336 e. The number of thioether (sulfide) groups is 1. The van der Waals surface area contributed by atoms with Gasteiger partial charge in [0.15, 0.2) is 9.84 Å². The molecule has 0 aliphatic carbocycles. The highest BCUT2D eigenvalue weighted by Crippen LogP contribution is 2.30. The van der Waals surface area contributed by atoms with Gasteiger partial charge in [0.25, 0.3) is 5.22 Å². The van der Waals surface area contributed by atoms with Gasteiger partial charge in [-0.1, -0.05) is 25.6 Å². The van der Waals surface area contributed by atoms with Crippen LogP contribution in [0.4, 0.5) is 0 Å². The molecule has 160 valence electrons. The van der Waals surface area contributed by atoms with Gasteiger partial charge >= 0.3 is 5.63 Å². The molecular formula is C21H24N2O5S2. The van der Waals surface area contributed by atoms with Crippen LogP contribution in [0.15, 0.2) is 37.1 Å². The molecule has 0 radical (unpaired) electrons. The monoisotopic (exact) mass is 448 g/mol. The van der Waals surface area contributed by atoms with Crippen LogP contribution in [0, 0.1) is 12.8 Å². The van der Waals surface area contributed by atoms with E-state index in [1.165, 1.54) is 23.4 Å². The van der Waals surface area contributed by atoms with Gasteiger partial charge in [-0.25, -0.2) is 13.2 Å². The Bertz CT molecular complexity index is 1240. The summed E-state index contributed by atoms with van der Waals surface area (Å²) in [4.78, 5) is 12.0. The van der Waals surface area contributed by atoms with Crippen LogP contribution < -0.4 is 5.63 Å². The second kappa shape index (κ2) is 8.19. The van der Waals surface area contributed by atoms with Gasteiger partial charge in [-0.05, 0) is 54.0 Å². The molecule has 9 heteroatoms. The van der Waals surface area contributed by atoms with Crippen molar-refractivity contribution in [3.05, 3.63) is 51.2 Å². The van der Waals surface area contributed by atoms with E-state index in [0.717, 1.165) is 16.5 Å². The van der Waals surface area contributed by atoms with Crippen molar-refractivity contribution in [3.8, 4) is 0 Å². The number of rotatable bonds is 6. The highest BCUT2D eigenvalue weighted by Gasteiger charge is 2.29. The Morgan fingerprint density at radius 1 is 1.20 bits per heavy atom. The summed E-state index contributed by atoms with van der Waals surface area (Å²) in [5, 5.41) is 9.44. The average Bonchev–Trinajstić information content (AvgIpc) is 3.24. The number of hydrogen-bond acceptors (Lipinski definition) is 8. The fraction of sp³-hybridized carbons (Fsp3) is 0.476. The number of aromatic nitrogens is 2. The van der Waals surface area contributed by atoms with Crippen LogP contribution >= 0.6 is 11.8 Å². The molecule has 30 heavy (non-hydrogen) atoms. The lowest BCUT2D eigenvalue weighted by molar-refractivity contribution is 0.389. The molecule has 1 aromatic carbocycles. The predicted octanol–water partition coefficient (Wildman–Crippen LogP) is 3.88. The summed E-state index contributed by atoms with van der Waals surface area (Å²) in [5.41, 5.74) is 3.36. The molecule has 2 aromatic heterocycles. The number of hydrogen-bond donors (Lipinski definition) is 0. The van der Waals surface area contributed by atoms with E-state index in [9.17, 15) is 13.2 Å². The van der Waals surface area contributed by atoms with E-state index in [4.69, 9.17) is 8.83 Å². The van der Waals surface area contributed by atoms with Crippen molar-refractivity contribution >= 4 is 32.6 Å². The number of sulfone groups is 1. The third-order valence-corrected chi connectivity index (χ3v) is 8.13. The molecule has 3 aromatic rings. The molecule has 0 unspecified atom stereocenters. The largest absolute Gasteiger partial charge is 0.423 e. The summed E-state index contributed by atoms with van der Waals surface area (Å²) in [6.45, 7) is 6.29. The molecule has 1 aliphatic rings. The normalized spacial score (nSPS) is 18.5. The molecule has 1 saturated heterocycles. The van der Waals surface area contributed by atoms with Gasteiger partial charge < -0.3 is 8.83 Å². The second-order valence-electron chi connectivity index (χ2n) is 8.17. The fourth-order valence-electron chi connectivity index (χ4n) is 3.93. The summed E-state index contributed by atoms with van der Waals surface area (Å²) in [6.07, 6.45) is 1.11. The summed E-state index contributed by atoms with van der Waals surface area (Å²) in [7, 11) is -2.93. The SMILES string of the molecule is Cc1cc2oc(=O)cc(CSc3nnc(C[C@H]4CCS(=O)(=O)C4)o3)c2cc1C(C)C. The van der Waals surface area contributed by atoms with Crippen LogP contribution in [0.5, 0.6) is 0 Å². The van der Waals surface area contributed by atoms with Gasteiger partial charge in [0.1, 0.15) is 5.58 Å². The van der Waals surface area contributed by atoms with Crippen LogP contribution in [0.25, 0.3) is 11.0 Å². The van der Waals surface area contributed by atoms with Gasteiger partial charge in [-0.2, -0.15) is 0 Å². The van der Waals surface area contributed by atoms with Crippen molar-refractivity contribution in [3.63, 3.8) is 0 Å². The Kier molecular flexibility index (Phi) is 5.76. The first-order valence-electron chi connectivity index (χ1n) is 9.93. The number of benzene rings is 1. The molecule has 0 bridgehead atoms. The minimum Gasteiger partial charge on any atom is -0.423 e. The number of fused-ring (bicyclic) bond motifs is 1. The van der Waals surface area contributed by atoms with E-state index in [1.807, 2.05) is 13.0 Å². The zero-order valence-electron chi connectivity index (χ0n) is 17.2. The molecule has 1 aliphatic heterocycles. The third-order valence-electron chi connectivity index (χ3n) is 5.43. The van der Waals surface area contributed by atoms with E-state index < -0.39 is 9.84 Å². The van der Waals surface area contributed by atoms with Crippen molar-refractivity contribution in [2.24, 2.45) is 5.92 Å². The third kappa shape index (κ3) is 4.62. The molecule has 0 saturated carbocycles. The van der Waals surface area contributed by atoms with E-state index in [1.54, 1.807) is 0 Å². The van der Waals surface area contributed by atoms with Crippen LogP contribution in [-0.4, -0.2) is 30.1 Å². The van der Waals surface area contributed by atoms with Crippen molar-refractivity contribution in [1.82, 2.24) is 10.2 Å². The van der Waals surface area contributed by atoms with Crippen LogP contribution in [0.3, 0.4) is 0 Å². The molecule has 7 nitrogen and oxygen atoms in total. The number of aryl methyl sites for hydroxylation is 1. The minimum absolute atomic E-state index is 0.0358. The van der Waals surface area contributed by atoms with E-state index >= 15 is 0 Å². The summed E-state index contributed by atoms with van der Waals surface area (Å²) < 4.78 is 34.3. The van der Waals surface area contributed by atoms with Crippen LogP contribution in [0.1, 0.15) is 48.8 Å². The minimum atomic E-state index is -2.93. The summed E-state index contributed by atoms with van der Waals surface area (Å²) >= 11 is 1.35. The van der Waals surface area contributed by atoms with Gasteiger partial charge in [0.2, 0.25) is 5.89 Å². The van der Waals surface area contributed by atoms with Crippen molar-refractivity contribution in [2.45, 2.75) is 50.5 Å². The second-order valence-corrected chi connectivity index (χ2v) is 11.3. The fourth-order valence-corrected chi connectivity index (χ4v) is 6.56. The average molecular weight is 449 g/mol. The highest BCUT2D eigenvalue weighted by molar-refractivity contribution is 7.98. The first kappa shape index (κ1) is 21.1. The maximum absolute atomic E-state index is 12.0. The molecule has 4 rings (SSSR count). The smallest absolute Gasteiger partial charge is 0.336 e. The molecular weight excluding hydrogens is 424 g/mol. The van der Waals surface area contributed by atoms with Crippen molar-refractivity contribution < 1.29 is 17.3 Å². The Morgan fingerprint density at radius 2 is 2.00 bits per heavy atom. The zero-order valence-corrected chi connectivity index (χ0v) is 18.8. The molecule has 1 fully saturated rings. The molecule has 0 amide bonds. The van der Waals surface area contributed by atoms with Gasteiger partial charge in [0.05, 0.1) is 11.5 Å². The maximum atomic E-state index is 12.0. The van der Waals surface area contributed by atoms with Crippen LogP contribution in [0.2, 0.25) is 0 Å². The van der Waals surface area contributed by atoms with Gasteiger partial charge in [-0.3, -0.25) is 0 Å². The molecule has 0 N–H and O–H groups in total. The molecule has 0 spiro atoms. The standard InChI is InChI=1S/C21H24N2O5S2/c1-12(2)16-9-17-15(8-20(24)27-18(17)6-13(16)3)10-29-21-23-22-19(28-21)7-14-4-5-30(25,26)11-14/h6,8-9,12,14H,4-5,7,10-11H2,1-3H3/t14-/m1/s1. The lowest BCUT2D eigenvalue weighted by atomic mass is 9.95. The summed E-state index contributed by atoms with van der Waals surface area (Å²) in [6, 6.07) is 5.52. The topological polar surface area (TPSA) is 103 Å². The number of nitrogens with zero attached hydrogens (tertiary/aromatic N) is 2. The van der Waals surface area contributed by atoms with Crippen molar-refractivity contribution in [1.29, 1.82) is 0 Å². The Balaban J connectivity index is 1.52. The first-order chi connectivity index (χ1) is 14.2. The Morgan fingerprint density at radius 3 is 2.70 bits per heavy atom. The van der Waals surface area contributed by atoms with E-state index in [2.05, 4.69) is 30.1 Å². The zero-order chi connectivity index (χ0) is 21.5. The molecule has 3 heterocycles. The Labute approximate surface area is 179 Å². The van der Waals surface area contributed by atoms with E-state index in [0.29, 0.717) is 41.2 Å². The van der Waals surface area contributed by atoms with Gasteiger partial charge in [0, 0.05) is 23.6 Å². The molecule has 1 atom stereocenters. The van der Waals surface area contributed by atoms with E-state index in [-0.39, 0.29) is 23.0 Å². The lowest BCUT2D eigenvalue weighted by Gasteiger charge is -2.12. The van der Waals surface area contributed by atoms with Gasteiger partial charge in [-0.15, -0.1) is 10.2 Å². The quantitative estimate of drug-likeness (QED) is 0.413. The lowest BCUT2D eigenvalue weighted by Crippen LogP contribution is -2.07. The summed E-state index contributed by atoms with van der Waals surface area (Å²) in [5.74, 6) is 1.75. The predicted molar refractivity (Wildman–Crippen MR) is 116 cm³/mol. The van der Waals surface area contributed by atoms with Crippen molar-refractivity contribution in [2.75, 3.05) is 11.5 Å².